The van der Waals surface area contributed by atoms with Gasteiger partial charge in [0.2, 0.25) is 0 Å². The van der Waals surface area contributed by atoms with Crippen LogP contribution in [0.2, 0.25) is 0 Å². The number of carbonyl (C=O) groups excluding carboxylic acids is 2. The zero-order valence-corrected chi connectivity index (χ0v) is 19.1. The average molecular weight is 459 g/mol. The van der Waals surface area contributed by atoms with Crippen LogP contribution in [0, 0.1) is 0 Å². The van der Waals surface area contributed by atoms with E-state index in [9.17, 15) is 9.59 Å². The van der Waals surface area contributed by atoms with Gasteiger partial charge in [0, 0.05) is 60.4 Å². The first-order chi connectivity index (χ1) is 16.5. The third-order valence-electron chi connectivity index (χ3n) is 6.30. The van der Waals surface area contributed by atoms with Crippen molar-refractivity contribution in [3.63, 3.8) is 0 Å². The number of methoxy groups -OCH3 is 1. The van der Waals surface area contributed by atoms with Crippen LogP contribution in [0.1, 0.15) is 15.9 Å². The fourth-order valence-electron chi connectivity index (χ4n) is 4.29. The third-order valence-corrected chi connectivity index (χ3v) is 6.30. The molecule has 174 valence electrons. The lowest BCUT2D eigenvalue weighted by Gasteiger charge is -2.34. The van der Waals surface area contributed by atoms with E-state index in [0.29, 0.717) is 22.4 Å². The molecule has 0 atom stereocenters. The topological polar surface area (TPSA) is 87.1 Å². The number of carbonyl (C=O) groups is 2. The maximum atomic E-state index is 12.7. The standard InChI is InChI=1S/C26H26N4O4/c1-29-8-10-30(11-9-29)19-5-3-18(4-6-19)27-15-23-21-13-20(17-7-12-34-16-17)24(33-2)14-22(21)25(31)28-26(23)32/h3-7,12-16,27H,8-11H2,1-2H3,(H,28,31,32)/b23-15-. The molecule has 8 heteroatoms. The van der Waals surface area contributed by atoms with Gasteiger partial charge in [0.15, 0.2) is 0 Å². The molecule has 1 fully saturated rings. The van der Waals surface area contributed by atoms with Crippen molar-refractivity contribution in [1.82, 2.24) is 10.2 Å². The number of hydrogen-bond donors (Lipinski definition) is 2. The highest BCUT2D eigenvalue weighted by Gasteiger charge is 2.29. The van der Waals surface area contributed by atoms with Crippen molar-refractivity contribution < 1.29 is 18.7 Å². The summed E-state index contributed by atoms with van der Waals surface area (Å²) in [5.41, 5.74) is 4.83. The number of fused-ring (bicyclic) bond motifs is 1. The second-order valence-electron chi connectivity index (χ2n) is 8.43. The first-order valence-corrected chi connectivity index (χ1v) is 11.1. The predicted octanol–water partition coefficient (Wildman–Crippen LogP) is 3.43. The van der Waals surface area contributed by atoms with Gasteiger partial charge in [0.25, 0.3) is 11.8 Å². The van der Waals surface area contributed by atoms with Gasteiger partial charge in [-0.05, 0) is 49.5 Å². The molecule has 3 aromatic rings. The van der Waals surface area contributed by atoms with Crippen LogP contribution >= 0.6 is 0 Å². The number of imide groups is 1. The van der Waals surface area contributed by atoms with E-state index in [1.165, 1.54) is 5.69 Å². The van der Waals surface area contributed by atoms with Crippen LogP contribution in [0.4, 0.5) is 11.4 Å². The Bertz CT molecular complexity index is 1240. The van der Waals surface area contributed by atoms with Crippen molar-refractivity contribution in [1.29, 1.82) is 0 Å². The number of piperazine rings is 1. The van der Waals surface area contributed by atoms with Gasteiger partial charge in [0.1, 0.15) is 5.75 Å². The Hall–Kier alpha value is -4.04. The molecule has 3 heterocycles. The Balaban J connectivity index is 1.43. The van der Waals surface area contributed by atoms with Gasteiger partial charge < -0.3 is 24.3 Å². The van der Waals surface area contributed by atoms with Crippen molar-refractivity contribution in [2.45, 2.75) is 0 Å². The van der Waals surface area contributed by atoms with Crippen molar-refractivity contribution in [3.05, 3.63) is 72.3 Å². The third kappa shape index (κ3) is 4.15. The molecule has 0 unspecified atom stereocenters. The molecule has 2 aromatic carbocycles. The Morgan fingerprint density at radius 1 is 0.971 bits per heavy atom. The number of nitrogens with zero attached hydrogens (tertiary/aromatic N) is 2. The number of ether oxygens (including phenoxy) is 1. The van der Waals surface area contributed by atoms with Gasteiger partial charge in [-0.25, -0.2) is 0 Å². The second kappa shape index (κ2) is 9.07. The fraction of sp³-hybridized carbons (Fsp3) is 0.231. The minimum Gasteiger partial charge on any atom is -0.496 e. The molecule has 5 rings (SSSR count). The van der Waals surface area contributed by atoms with E-state index in [1.807, 2.05) is 12.1 Å². The maximum Gasteiger partial charge on any atom is 0.260 e. The average Bonchev–Trinajstić information content (AvgIpc) is 3.39. The first kappa shape index (κ1) is 21.8. The van der Waals surface area contributed by atoms with Crippen LogP contribution in [-0.2, 0) is 4.79 Å². The molecule has 0 saturated carbocycles. The van der Waals surface area contributed by atoms with E-state index < -0.39 is 11.8 Å². The van der Waals surface area contributed by atoms with Crippen molar-refractivity contribution >= 4 is 28.8 Å². The molecule has 2 amide bonds. The van der Waals surface area contributed by atoms with Gasteiger partial charge in [-0.3, -0.25) is 14.9 Å². The fourth-order valence-corrected chi connectivity index (χ4v) is 4.29. The molecule has 0 radical (unpaired) electrons. The highest BCUT2D eigenvalue weighted by atomic mass is 16.5. The summed E-state index contributed by atoms with van der Waals surface area (Å²) in [6, 6.07) is 13.4. The SMILES string of the molecule is COc1cc2c(cc1-c1ccoc1)/C(=C/Nc1ccc(N3CCN(C)CC3)cc1)C(=O)NC2=O. The van der Waals surface area contributed by atoms with Crippen LogP contribution in [0.25, 0.3) is 16.7 Å². The minimum absolute atomic E-state index is 0.366. The zero-order chi connectivity index (χ0) is 23.7. The monoisotopic (exact) mass is 458 g/mol. The summed E-state index contributed by atoms with van der Waals surface area (Å²) in [5, 5.41) is 5.62. The summed E-state index contributed by atoms with van der Waals surface area (Å²) >= 11 is 0. The number of benzene rings is 2. The highest BCUT2D eigenvalue weighted by Crippen LogP contribution is 2.37. The number of nitrogens with one attached hydrogen (secondary N) is 2. The zero-order valence-electron chi connectivity index (χ0n) is 19.1. The Kier molecular flexibility index (Phi) is 5.81. The van der Waals surface area contributed by atoms with Crippen molar-refractivity contribution in [2.75, 3.05) is 50.6 Å². The van der Waals surface area contributed by atoms with Crippen molar-refractivity contribution in [3.8, 4) is 16.9 Å². The summed E-state index contributed by atoms with van der Waals surface area (Å²) in [7, 11) is 3.68. The van der Waals surface area contributed by atoms with Gasteiger partial charge >= 0.3 is 0 Å². The van der Waals surface area contributed by atoms with E-state index in [-0.39, 0.29) is 0 Å². The normalized spacial score (nSPS) is 17.5. The highest BCUT2D eigenvalue weighted by molar-refractivity contribution is 6.31. The smallest absolute Gasteiger partial charge is 0.260 e. The second-order valence-corrected chi connectivity index (χ2v) is 8.43. The van der Waals surface area contributed by atoms with E-state index >= 15 is 0 Å². The van der Waals surface area contributed by atoms with E-state index in [0.717, 1.165) is 43.0 Å². The lowest BCUT2D eigenvalue weighted by atomic mass is 9.91. The van der Waals surface area contributed by atoms with Gasteiger partial charge in [0.05, 0.1) is 30.8 Å². The number of hydrogen-bond acceptors (Lipinski definition) is 7. The Morgan fingerprint density at radius 3 is 2.41 bits per heavy atom. The summed E-state index contributed by atoms with van der Waals surface area (Å²) in [6.45, 7) is 4.09. The Morgan fingerprint density at radius 2 is 1.74 bits per heavy atom. The molecule has 1 saturated heterocycles. The van der Waals surface area contributed by atoms with E-state index in [4.69, 9.17) is 9.15 Å². The molecule has 8 nitrogen and oxygen atoms in total. The van der Waals surface area contributed by atoms with Crippen LogP contribution in [0.5, 0.6) is 5.75 Å². The summed E-state index contributed by atoms with van der Waals surface area (Å²) in [5.74, 6) is -0.385. The molecule has 2 N–H and O–H groups in total. The minimum atomic E-state index is -0.456. The first-order valence-electron chi connectivity index (χ1n) is 11.1. The summed E-state index contributed by atoms with van der Waals surface area (Å²) in [4.78, 5) is 29.9. The van der Waals surface area contributed by atoms with Crippen molar-refractivity contribution in [2.24, 2.45) is 0 Å². The van der Waals surface area contributed by atoms with Gasteiger partial charge in [-0.2, -0.15) is 0 Å². The maximum absolute atomic E-state index is 12.7. The molecular weight excluding hydrogens is 432 g/mol. The van der Waals surface area contributed by atoms with E-state index in [2.05, 4.69) is 39.6 Å². The summed E-state index contributed by atoms with van der Waals surface area (Å²) < 4.78 is 10.7. The van der Waals surface area contributed by atoms with Crippen LogP contribution < -0.4 is 20.3 Å². The number of amides is 2. The molecule has 0 spiro atoms. The molecule has 0 aliphatic carbocycles. The largest absolute Gasteiger partial charge is 0.496 e. The number of anilines is 2. The van der Waals surface area contributed by atoms with Gasteiger partial charge in [-0.1, -0.05) is 0 Å². The molecular formula is C26H26N4O4. The quantitative estimate of drug-likeness (QED) is 0.447. The Labute approximate surface area is 197 Å². The molecule has 1 aromatic heterocycles. The molecule has 2 aliphatic rings. The number of rotatable bonds is 5. The number of likely N-dealkylation sites (N-methyl/N-ethyl adjacent to an activating group) is 1. The number of furan rings is 1. The molecule has 34 heavy (non-hydrogen) atoms. The summed E-state index contributed by atoms with van der Waals surface area (Å²) in [6.07, 6.45) is 4.80. The van der Waals surface area contributed by atoms with Crippen LogP contribution in [0.3, 0.4) is 0 Å². The van der Waals surface area contributed by atoms with Gasteiger partial charge in [-0.15, -0.1) is 0 Å². The molecule has 2 aliphatic heterocycles. The van der Waals surface area contributed by atoms with Crippen LogP contribution in [0.15, 0.2) is 65.6 Å². The predicted molar refractivity (Wildman–Crippen MR) is 131 cm³/mol. The lowest BCUT2D eigenvalue weighted by Crippen LogP contribution is -2.44. The molecule has 0 bridgehead atoms. The van der Waals surface area contributed by atoms with Crippen LogP contribution in [-0.4, -0.2) is 57.1 Å². The lowest BCUT2D eigenvalue weighted by molar-refractivity contribution is -0.114. The van der Waals surface area contributed by atoms with E-state index in [1.54, 1.807) is 44.0 Å².